The molecule has 5 aromatic rings. The van der Waals surface area contributed by atoms with Gasteiger partial charge in [0.25, 0.3) is 0 Å². The molecule has 5 rings (SSSR count). The van der Waals surface area contributed by atoms with Crippen LogP contribution in [0.25, 0.3) is 16.1 Å². The first-order valence-corrected chi connectivity index (χ1v) is 15.4. The van der Waals surface area contributed by atoms with Gasteiger partial charge in [-0.05, 0) is 42.8 Å². The van der Waals surface area contributed by atoms with Gasteiger partial charge in [-0.25, -0.2) is 4.79 Å². The molecule has 202 valence electrons. The Morgan fingerprint density at radius 3 is 2.27 bits per heavy atom. The molecule has 0 bridgehead atoms. The molecule has 0 aliphatic rings. The number of hydrogen-bond acceptors (Lipinski definition) is 8. The van der Waals surface area contributed by atoms with Crippen LogP contribution < -0.4 is 5.32 Å². The number of nitrogens with one attached hydrogen (secondary N) is 1. The number of thioether (sulfide) groups is 2. The van der Waals surface area contributed by atoms with Crippen LogP contribution in [0.15, 0.2) is 107 Å². The van der Waals surface area contributed by atoms with Crippen LogP contribution in [-0.4, -0.2) is 39.0 Å². The van der Waals surface area contributed by atoms with E-state index in [4.69, 9.17) is 4.74 Å². The number of anilines is 1. The van der Waals surface area contributed by atoms with Crippen molar-refractivity contribution in [2.45, 2.75) is 22.7 Å². The van der Waals surface area contributed by atoms with Crippen molar-refractivity contribution in [2.75, 3.05) is 17.7 Å². The third-order valence-corrected chi connectivity index (χ3v) is 8.73. The fourth-order valence-electron chi connectivity index (χ4n) is 3.87. The summed E-state index contributed by atoms with van der Waals surface area (Å²) >= 11 is 4.32. The summed E-state index contributed by atoms with van der Waals surface area (Å²) < 4.78 is 7.22. The lowest BCUT2D eigenvalue weighted by Gasteiger charge is -2.10. The molecular formula is C30H26N4O3S3. The second kappa shape index (κ2) is 13.5. The van der Waals surface area contributed by atoms with Crippen molar-refractivity contribution in [2.24, 2.45) is 0 Å². The number of carbonyl (C=O) groups is 2. The molecule has 10 heteroatoms. The normalized spacial score (nSPS) is 10.8. The van der Waals surface area contributed by atoms with Gasteiger partial charge in [-0.15, -0.1) is 33.3 Å². The molecule has 0 spiro atoms. The highest BCUT2D eigenvalue weighted by Gasteiger charge is 2.21. The van der Waals surface area contributed by atoms with Crippen LogP contribution in [0.3, 0.4) is 0 Å². The number of esters is 1. The topological polar surface area (TPSA) is 86.1 Å². The zero-order valence-corrected chi connectivity index (χ0v) is 24.1. The zero-order chi connectivity index (χ0) is 27.7. The second-order valence-electron chi connectivity index (χ2n) is 8.45. The summed E-state index contributed by atoms with van der Waals surface area (Å²) in [7, 11) is 0. The maximum Gasteiger partial charge on any atom is 0.341 e. The standard InChI is InChI=1S/C30H26N4O3S3/c1-2-37-29(36)24-18-25(21-12-6-3-7-13-21)40-28(24)31-27(35)20-39-30-33-32-26(19-38-23-16-10-5-11-17-23)34(30)22-14-8-4-9-15-22/h3-18H,2,19-20H2,1H3,(H,31,35). The van der Waals surface area contributed by atoms with Gasteiger partial charge >= 0.3 is 5.97 Å². The van der Waals surface area contributed by atoms with E-state index in [2.05, 4.69) is 27.6 Å². The van der Waals surface area contributed by atoms with Crippen LogP contribution in [0.1, 0.15) is 23.1 Å². The summed E-state index contributed by atoms with van der Waals surface area (Å²) in [6, 6.07) is 31.5. The quantitative estimate of drug-likeness (QED) is 0.129. The van der Waals surface area contributed by atoms with Crippen molar-refractivity contribution in [3.63, 3.8) is 0 Å². The Morgan fingerprint density at radius 1 is 0.900 bits per heavy atom. The zero-order valence-electron chi connectivity index (χ0n) is 21.7. The molecular weight excluding hydrogens is 561 g/mol. The van der Waals surface area contributed by atoms with Crippen molar-refractivity contribution in [1.29, 1.82) is 0 Å². The SMILES string of the molecule is CCOC(=O)c1cc(-c2ccccc2)sc1NC(=O)CSc1nnc(CSc2ccccc2)n1-c1ccccc1. The van der Waals surface area contributed by atoms with Crippen molar-refractivity contribution >= 4 is 51.7 Å². The molecule has 0 aliphatic carbocycles. The number of hydrogen-bond donors (Lipinski definition) is 1. The molecule has 1 amide bonds. The summed E-state index contributed by atoms with van der Waals surface area (Å²) in [6.45, 7) is 2.01. The fourth-order valence-corrected chi connectivity index (χ4v) is 6.54. The van der Waals surface area contributed by atoms with Gasteiger partial charge in [0.2, 0.25) is 5.91 Å². The molecule has 40 heavy (non-hydrogen) atoms. The van der Waals surface area contributed by atoms with Crippen LogP contribution in [0, 0.1) is 0 Å². The number of aromatic nitrogens is 3. The third kappa shape index (κ3) is 6.82. The van der Waals surface area contributed by atoms with Gasteiger partial charge in [-0.3, -0.25) is 9.36 Å². The lowest BCUT2D eigenvalue weighted by atomic mass is 10.1. The minimum absolute atomic E-state index is 0.0949. The number of ether oxygens (including phenoxy) is 1. The molecule has 0 atom stereocenters. The van der Waals surface area contributed by atoms with E-state index in [-0.39, 0.29) is 18.3 Å². The molecule has 0 aliphatic heterocycles. The van der Waals surface area contributed by atoms with Gasteiger partial charge in [0.15, 0.2) is 5.16 Å². The number of amides is 1. The Hall–Kier alpha value is -3.86. The van der Waals surface area contributed by atoms with Crippen LogP contribution in [-0.2, 0) is 15.3 Å². The number of nitrogens with zero attached hydrogens (tertiary/aromatic N) is 3. The lowest BCUT2D eigenvalue weighted by molar-refractivity contribution is -0.113. The Balaban J connectivity index is 1.33. The Kier molecular flexibility index (Phi) is 9.33. The summed E-state index contributed by atoms with van der Waals surface area (Å²) in [6.07, 6.45) is 0. The smallest absolute Gasteiger partial charge is 0.341 e. The number of benzene rings is 3. The van der Waals surface area contributed by atoms with Gasteiger partial charge in [0.1, 0.15) is 10.8 Å². The van der Waals surface area contributed by atoms with Crippen LogP contribution >= 0.6 is 34.9 Å². The molecule has 1 N–H and O–H groups in total. The predicted octanol–water partition coefficient (Wildman–Crippen LogP) is 7.20. The molecule has 2 aromatic heterocycles. The van der Waals surface area contributed by atoms with Crippen LogP contribution in [0.2, 0.25) is 0 Å². The van der Waals surface area contributed by atoms with Gasteiger partial charge in [0.05, 0.1) is 23.7 Å². The first-order valence-electron chi connectivity index (χ1n) is 12.6. The predicted molar refractivity (Wildman–Crippen MR) is 162 cm³/mol. The maximum atomic E-state index is 13.1. The maximum absolute atomic E-state index is 13.1. The highest BCUT2D eigenvalue weighted by molar-refractivity contribution is 7.99. The summed E-state index contributed by atoms with van der Waals surface area (Å²) in [5, 5.41) is 12.9. The minimum Gasteiger partial charge on any atom is -0.462 e. The Labute approximate surface area is 245 Å². The molecule has 7 nitrogen and oxygen atoms in total. The molecule has 0 fully saturated rings. The number of para-hydroxylation sites is 1. The van der Waals surface area contributed by atoms with E-state index in [0.717, 1.165) is 26.8 Å². The van der Waals surface area contributed by atoms with E-state index in [9.17, 15) is 9.59 Å². The highest BCUT2D eigenvalue weighted by Crippen LogP contribution is 2.36. The summed E-state index contributed by atoms with van der Waals surface area (Å²) in [4.78, 5) is 27.7. The van der Waals surface area contributed by atoms with E-state index in [1.807, 2.05) is 83.4 Å². The van der Waals surface area contributed by atoms with Crippen LogP contribution in [0.4, 0.5) is 5.00 Å². The third-order valence-electron chi connectivity index (χ3n) is 5.70. The lowest BCUT2D eigenvalue weighted by Crippen LogP contribution is -2.16. The average Bonchev–Trinajstić information content (AvgIpc) is 3.61. The van der Waals surface area contributed by atoms with E-state index >= 15 is 0 Å². The van der Waals surface area contributed by atoms with Gasteiger partial charge in [-0.1, -0.05) is 78.5 Å². The molecule has 0 saturated carbocycles. The van der Waals surface area contributed by atoms with Gasteiger partial charge < -0.3 is 10.1 Å². The minimum atomic E-state index is -0.465. The summed E-state index contributed by atoms with van der Waals surface area (Å²) in [5.74, 6) is 0.794. The first kappa shape index (κ1) is 27.7. The molecule has 0 unspecified atom stereocenters. The second-order valence-corrected chi connectivity index (χ2v) is 11.5. The van der Waals surface area contributed by atoms with E-state index in [0.29, 0.717) is 21.5 Å². The average molecular weight is 587 g/mol. The largest absolute Gasteiger partial charge is 0.462 e. The first-order chi connectivity index (χ1) is 19.6. The molecule has 3 aromatic carbocycles. The fraction of sp³-hybridized carbons (Fsp3) is 0.133. The molecule has 2 heterocycles. The van der Waals surface area contributed by atoms with Gasteiger partial charge in [-0.2, -0.15) is 0 Å². The van der Waals surface area contributed by atoms with E-state index in [1.54, 1.807) is 24.8 Å². The molecule has 0 saturated heterocycles. The number of thiophene rings is 1. The van der Waals surface area contributed by atoms with Crippen LogP contribution in [0.5, 0.6) is 0 Å². The van der Waals surface area contributed by atoms with Crippen molar-refractivity contribution in [1.82, 2.24) is 14.8 Å². The van der Waals surface area contributed by atoms with E-state index < -0.39 is 5.97 Å². The number of carbonyl (C=O) groups excluding carboxylic acids is 2. The monoisotopic (exact) mass is 586 g/mol. The van der Waals surface area contributed by atoms with Crippen molar-refractivity contribution in [3.05, 3.63) is 108 Å². The van der Waals surface area contributed by atoms with E-state index in [1.165, 1.54) is 23.1 Å². The summed E-state index contributed by atoms with van der Waals surface area (Å²) in [5.41, 5.74) is 2.23. The van der Waals surface area contributed by atoms with Crippen molar-refractivity contribution < 1.29 is 14.3 Å². The van der Waals surface area contributed by atoms with Crippen molar-refractivity contribution in [3.8, 4) is 16.1 Å². The molecule has 0 radical (unpaired) electrons. The van der Waals surface area contributed by atoms with Gasteiger partial charge in [0, 0.05) is 15.5 Å². The Bertz CT molecular complexity index is 1570. The number of rotatable bonds is 11. The highest BCUT2D eigenvalue weighted by atomic mass is 32.2. The Morgan fingerprint density at radius 2 is 1.57 bits per heavy atom.